The molecule has 72 valence electrons. The lowest BCUT2D eigenvalue weighted by Crippen LogP contribution is -2.06. The number of aliphatic hydroxyl groups excluding tert-OH is 2. The van der Waals surface area contributed by atoms with Crippen LogP contribution in [0, 0.1) is 11.6 Å². The van der Waals surface area contributed by atoms with E-state index in [-0.39, 0.29) is 5.56 Å². The van der Waals surface area contributed by atoms with Crippen LogP contribution < -0.4 is 0 Å². The van der Waals surface area contributed by atoms with Crippen molar-refractivity contribution in [2.75, 3.05) is 6.61 Å². The second-order valence-corrected chi connectivity index (χ2v) is 2.84. The smallest absolute Gasteiger partial charge is 0.150 e. The van der Waals surface area contributed by atoms with Crippen LogP contribution in [0.5, 0.6) is 0 Å². The van der Waals surface area contributed by atoms with Crippen molar-refractivity contribution in [1.29, 1.82) is 0 Å². The molecule has 0 aromatic heterocycles. The molecule has 1 unspecified atom stereocenters. The minimum Gasteiger partial charge on any atom is -0.393 e. The van der Waals surface area contributed by atoms with Crippen molar-refractivity contribution in [3.05, 3.63) is 34.4 Å². The molecule has 0 bridgehead atoms. The molecule has 13 heavy (non-hydrogen) atoms. The van der Waals surface area contributed by atoms with Crippen LogP contribution in [0.25, 0.3) is 0 Å². The predicted octanol–water partition coefficient (Wildman–Crippen LogP) is 1.64. The summed E-state index contributed by atoms with van der Waals surface area (Å²) in [5, 5.41) is 16.9. The second-order valence-electron chi connectivity index (χ2n) is 2.46. The third-order valence-corrected chi connectivity index (χ3v) is 1.94. The van der Waals surface area contributed by atoms with Crippen LogP contribution in [0.3, 0.4) is 0 Å². The summed E-state index contributed by atoms with van der Waals surface area (Å²) < 4.78 is 25.7. The third-order valence-electron chi connectivity index (χ3n) is 1.60. The molecule has 1 atom stereocenters. The maximum absolute atomic E-state index is 13.1. The van der Waals surface area contributed by atoms with Crippen LogP contribution >= 0.6 is 11.6 Å². The van der Waals surface area contributed by atoms with E-state index in [4.69, 9.17) is 21.8 Å². The first kappa shape index (κ1) is 10.4. The Morgan fingerprint density at radius 1 is 1.38 bits per heavy atom. The van der Waals surface area contributed by atoms with Gasteiger partial charge in [0.25, 0.3) is 0 Å². The van der Waals surface area contributed by atoms with Gasteiger partial charge in [0.2, 0.25) is 0 Å². The normalized spacial score (nSPS) is 13.0. The highest BCUT2D eigenvalue weighted by Gasteiger charge is 2.16. The Labute approximate surface area is 78.4 Å². The Hall–Kier alpha value is -0.710. The average Bonchev–Trinajstić information content (AvgIpc) is 2.13. The van der Waals surface area contributed by atoms with Crippen LogP contribution in [0.15, 0.2) is 12.1 Å². The van der Waals surface area contributed by atoms with Gasteiger partial charge < -0.3 is 10.2 Å². The Balaban J connectivity index is 3.18. The molecule has 2 N–H and O–H groups in total. The zero-order valence-corrected chi connectivity index (χ0v) is 7.22. The third kappa shape index (κ3) is 1.96. The van der Waals surface area contributed by atoms with Crippen molar-refractivity contribution in [3.8, 4) is 0 Å². The number of hydrogen-bond acceptors (Lipinski definition) is 2. The molecule has 1 aromatic rings. The minimum absolute atomic E-state index is 0.214. The van der Waals surface area contributed by atoms with Gasteiger partial charge in [-0.25, -0.2) is 8.78 Å². The Kier molecular flexibility index (Phi) is 3.19. The van der Waals surface area contributed by atoms with Crippen LogP contribution in [-0.2, 0) is 0 Å². The summed E-state index contributed by atoms with van der Waals surface area (Å²) in [6.07, 6.45) is -1.38. The van der Waals surface area contributed by atoms with Gasteiger partial charge in [0, 0.05) is 5.56 Å². The summed E-state index contributed by atoms with van der Waals surface area (Å²) in [7, 11) is 0. The zero-order chi connectivity index (χ0) is 10.0. The van der Waals surface area contributed by atoms with Gasteiger partial charge in [0.1, 0.15) is 16.9 Å². The SMILES string of the molecule is OCC(O)c1ccc(F)c(Cl)c1F. The Morgan fingerprint density at radius 3 is 2.54 bits per heavy atom. The first-order chi connectivity index (χ1) is 6.07. The fraction of sp³-hybridized carbons (Fsp3) is 0.250. The van der Waals surface area contributed by atoms with Gasteiger partial charge in [0.05, 0.1) is 6.61 Å². The molecule has 0 fully saturated rings. The van der Waals surface area contributed by atoms with Crippen molar-refractivity contribution in [1.82, 2.24) is 0 Å². The molecule has 1 aromatic carbocycles. The van der Waals surface area contributed by atoms with Gasteiger partial charge in [-0.05, 0) is 6.07 Å². The van der Waals surface area contributed by atoms with Crippen molar-refractivity contribution >= 4 is 11.6 Å². The van der Waals surface area contributed by atoms with Gasteiger partial charge in [-0.15, -0.1) is 0 Å². The van der Waals surface area contributed by atoms with Gasteiger partial charge in [0.15, 0.2) is 5.82 Å². The average molecular weight is 209 g/mol. The molecular formula is C8H7ClF2O2. The predicted molar refractivity (Wildman–Crippen MR) is 43.4 cm³/mol. The number of hydrogen-bond donors (Lipinski definition) is 2. The molecular weight excluding hydrogens is 202 g/mol. The van der Waals surface area contributed by atoms with E-state index in [1.807, 2.05) is 0 Å². The molecule has 0 aliphatic rings. The summed E-state index contributed by atoms with van der Waals surface area (Å²) in [6, 6.07) is 1.97. The number of rotatable bonds is 2. The van der Waals surface area contributed by atoms with Crippen LogP contribution in [0.2, 0.25) is 5.02 Å². The Morgan fingerprint density at radius 2 is 2.00 bits per heavy atom. The summed E-state index contributed by atoms with van der Waals surface area (Å²) in [5.41, 5.74) is -0.214. The van der Waals surface area contributed by atoms with E-state index in [1.165, 1.54) is 0 Å². The highest BCUT2D eigenvalue weighted by molar-refractivity contribution is 6.30. The first-order valence-corrected chi connectivity index (χ1v) is 3.88. The first-order valence-electron chi connectivity index (χ1n) is 3.50. The van der Waals surface area contributed by atoms with E-state index in [9.17, 15) is 8.78 Å². The number of benzene rings is 1. The van der Waals surface area contributed by atoms with E-state index in [0.29, 0.717) is 0 Å². The highest BCUT2D eigenvalue weighted by atomic mass is 35.5. The summed E-state index contributed by atoms with van der Waals surface area (Å²) in [4.78, 5) is 0. The lowest BCUT2D eigenvalue weighted by Gasteiger charge is -2.09. The van der Waals surface area contributed by atoms with Gasteiger partial charge in [-0.1, -0.05) is 17.7 Å². The maximum atomic E-state index is 13.1. The highest BCUT2D eigenvalue weighted by Crippen LogP contribution is 2.25. The second kappa shape index (κ2) is 4.00. The lowest BCUT2D eigenvalue weighted by atomic mass is 10.1. The quantitative estimate of drug-likeness (QED) is 0.726. The van der Waals surface area contributed by atoms with Crippen molar-refractivity contribution in [2.24, 2.45) is 0 Å². The van der Waals surface area contributed by atoms with Crippen molar-refractivity contribution < 1.29 is 19.0 Å². The van der Waals surface area contributed by atoms with Crippen LogP contribution in [-0.4, -0.2) is 16.8 Å². The molecule has 2 nitrogen and oxygen atoms in total. The minimum atomic E-state index is -1.38. The number of aliphatic hydroxyl groups is 2. The molecule has 0 aliphatic heterocycles. The molecule has 0 saturated heterocycles. The van der Waals surface area contributed by atoms with E-state index in [1.54, 1.807) is 0 Å². The largest absolute Gasteiger partial charge is 0.393 e. The molecule has 0 heterocycles. The summed E-state index contributed by atoms with van der Waals surface area (Å²) in [6.45, 7) is -0.640. The van der Waals surface area contributed by atoms with E-state index >= 15 is 0 Å². The van der Waals surface area contributed by atoms with Crippen molar-refractivity contribution in [3.63, 3.8) is 0 Å². The molecule has 0 spiro atoms. The zero-order valence-electron chi connectivity index (χ0n) is 6.47. The van der Waals surface area contributed by atoms with E-state index < -0.39 is 29.4 Å². The maximum Gasteiger partial charge on any atom is 0.150 e. The van der Waals surface area contributed by atoms with Gasteiger partial charge >= 0.3 is 0 Å². The monoisotopic (exact) mass is 208 g/mol. The molecule has 0 aliphatic carbocycles. The fourth-order valence-corrected chi connectivity index (χ4v) is 1.07. The molecule has 5 heteroatoms. The molecule has 0 saturated carbocycles. The van der Waals surface area contributed by atoms with Crippen molar-refractivity contribution in [2.45, 2.75) is 6.10 Å². The fourth-order valence-electron chi connectivity index (χ4n) is 0.897. The van der Waals surface area contributed by atoms with Crippen LogP contribution in [0.1, 0.15) is 11.7 Å². The standard InChI is InChI=1S/C8H7ClF2O2/c9-7-5(10)2-1-4(8(7)11)6(13)3-12/h1-2,6,12-13H,3H2. The molecule has 1 rings (SSSR count). The van der Waals surface area contributed by atoms with E-state index in [0.717, 1.165) is 12.1 Å². The number of halogens is 3. The van der Waals surface area contributed by atoms with Crippen LogP contribution in [0.4, 0.5) is 8.78 Å². The summed E-state index contributed by atoms with van der Waals surface area (Å²) >= 11 is 5.24. The lowest BCUT2D eigenvalue weighted by molar-refractivity contribution is 0.0925. The topological polar surface area (TPSA) is 40.5 Å². The van der Waals surface area contributed by atoms with E-state index in [2.05, 4.69) is 0 Å². The Bertz CT molecular complexity index is 317. The summed E-state index contributed by atoms with van der Waals surface area (Å²) in [5.74, 6) is -1.93. The molecule has 0 radical (unpaired) electrons. The van der Waals surface area contributed by atoms with Gasteiger partial charge in [-0.2, -0.15) is 0 Å². The van der Waals surface area contributed by atoms with Gasteiger partial charge in [-0.3, -0.25) is 0 Å². The molecule has 0 amide bonds.